The molecule has 0 N–H and O–H groups in total. The second kappa shape index (κ2) is 5.66. The van der Waals surface area contributed by atoms with Gasteiger partial charge in [0.05, 0.1) is 11.9 Å². The third kappa shape index (κ3) is 3.44. The topological polar surface area (TPSA) is 38.1 Å². The first-order valence-electron chi connectivity index (χ1n) is 5.93. The predicted octanol–water partition coefficient (Wildman–Crippen LogP) is 2.64. The van der Waals surface area contributed by atoms with Crippen LogP contribution in [0.3, 0.4) is 0 Å². The SMILES string of the molecule is C=CC(=O)N(CC(C)C)c1cnn(C(C)C)c1. The van der Waals surface area contributed by atoms with Crippen LogP contribution in [0.15, 0.2) is 25.0 Å². The average Bonchev–Trinajstić information content (AvgIpc) is 2.73. The summed E-state index contributed by atoms with van der Waals surface area (Å²) in [5, 5.41) is 4.25. The molecule has 0 spiro atoms. The number of rotatable bonds is 5. The van der Waals surface area contributed by atoms with Crippen molar-refractivity contribution >= 4 is 11.6 Å². The number of anilines is 1. The van der Waals surface area contributed by atoms with Gasteiger partial charge in [-0.25, -0.2) is 0 Å². The standard InChI is InChI=1S/C13H21N3O/c1-6-13(17)15(8-10(2)3)12-7-14-16(9-12)11(4)5/h6-7,9-11H,1,8H2,2-5H3. The fourth-order valence-electron chi connectivity index (χ4n) is 1.55. The van der Waals surface area contributed by atoms with Crippen molar-refractivity contribution in [1.82, 2.24) is 9.78 Å². The molecule has 0 aliphatic rings. The van der Waals surface area contributed by atoms with E-state index in [9.17, 15) is 4.79 Å². The molecule has 94 valence electrons. The number of carbonyl (C=O) groups excluding carboxylic acids is 1. The monoisotopic (exact) mass is 235 g/mol. The number of nitrogens with zero attached hydrogens (tertiary/aromatic N) is 3. The van der Waals surface area contributed by atoms with E-state index in [1.165, 1.54) is 6.08 Å². The van der Waals surface area contributed by atoms with E-state index in [1.54, 1.807) is 11.1 Å². The molecule has 0 aliphatic carbocycles. The lowest BCUT2D eigenvalue weighted by Crippen LogP contribution is -2.32. The van der Waals surface area contributed by atoms with Crippen LogP contribution in [0, 0.1) is 5.92 Å². The van der Waals surface area contributed by atoms with Gasteiger partial charge in [-0.15, -0.1) is 0 Å². The van der Waals surface area contributed by atoms with Gasteiger partial charge in [0.25, 0.3) is 0 Å². The molecule has 0 saturated heterocycles. The number of amides is 1. The van der Waals surface area contributed by atoms with E-state index in [0.717, 1.165) is 5.69 Å². The van der Waals surface area contributed by atoms with E-state index in [4.69, 9.17) is 0 Å². The molecule has 0 aliphatic heterocycles. The Morgan fingerprint density at radius 2 is 2.18 bits per heavy atom. The van der Waals surface area contributed by atoms with Crippen molar-refractivity contribution in [2.75, 3.05) is 11.4 Å². The van der Waals surface area contributed by atoms with Gasteiger partial charge in [-0.2, -0.15) is 5.10 Å². The molecule has 4 heteroatoms. The molecule has 0 aromatic carbocycles. The van der Waals surface area contributed by atoms with Crippen molar-refractivity contribution in [2.24, 2.45) is 5.92 Å². The van der Waals surface area contributed by atoms with Gasteiger partial charge in [-0.1, -0.05) is 20.4 Å². The molecule has 1 heterocycles. The molecule has 1 amide bonds. The van der Waals surface area contributed by atoms with E-state index in [-0.39, 0.29) is 5.91 Å². The molecule has 1 aromatic heterocycles. The first kappa shape index (κ1) is 13.5. The van der Waals surface area contributed by atoms with Crippen molar-refractivity contribution in [3.63, 3.8) is 0 Å². The summed E-state index contributed by atoms with van der Waals surface area (Å²) in [6.07, 6.45) is 4.97. The van der Waals surface area contributed by atoms with Gasteiger partial charge in [0.2, 0.25) is 5.91 Å². The summed E-state index contributed by atoms with van der Waals surface area (Å²) in [6, 6.07) is 0.295. The zero-order chi connectivity index (χ0) is 13.0. The van der Waals surface area contributed by atoms with Crippen LogP contribution in [0.25, 0.3) is 0 Å². The second-order valence-corrected chi connectivity index (χ2v) is 4.82. The molecule has 0 unspecified atom stereocenters. The summed E-state index contributed by atoms with van der Waals surface area (Å²) in [4.78, 5) is 13.5. The van der Waals surface area contributed by atoms with Gasteiger partial charge in [0, 0.05) is 18.8 Å². The van der Waals surface area contributed by atoms with E-state index < -0.39 is 0 Å². The smallest absolute Gasteiger partial charge is 0.250 e. The van der Waals surface area contributed by atoms with Gasteiger partial charge in [0.15, 0.2) is 0 Å². The summed E-state index contributed by atoms with van der Waals surface area (Å²) in [6.45, 7) is 12.5. The Hall–Kier alpha value is -1.58. The normalized spacial score (nSPS) is 10.9. The molecule has 4 nitrogen and oxygen atoms in total. The Bertz CT molecular complexity index is 393. The minimum atomic E-state index is -0.0815. The van der Waals surface area contributed by atoms with Crippen molar-refractivity contribution in [3.05, 3.63) is 25.0 Å². The lowest BCUT2D eigenvalue weighted by molar-refractivity contribution is -0.114. The van der Waals surface area contributed by atoms with Gasteiger partial charge in [0.1, 0.15) is 0 Å². The van der Waals surface area contributed by atoms with Crippen LogP contribution < -0.4 is 4.90 Å². The van der Waals surface area contributed by atoms with Gasteiger partial charge < -0.3 is 4.90 Å². The van der Waals surface area contributed by atoms with Crippen LogP contribution in [0.4, 0.5) is 5.69 Å². The fraction of sp³-hybridized carbons (Fsp3) is 0.538. The quantitative estimate of drug-likeness (QED) is 0.736. The Morgan fingerprint density at radius 1 is 1.53 bits per heavy atom. The second-order valence-electron chi connectivity index (χ2n) is 4.82. The highest BCUT2D eigenvalue weighted by atomic mass is 16.2. The zero-order valence-electron chi connectivity index (χ0n) is 11.1. The predicted molar refractivity (Wildman–Crippen MR) is 70.0 cm³/mol. The van der Waals surface area contributed by atoms with E-state index in [2.05, 4.69) is 39.4 Å². The third-order valence-electron chi connectivity index (χ3n) is 2.42. The molecule has 0 radical (unpaired) electrons. The maximum atomic E-state index is 11.8. The van der Waals surface area contributed by atoms with Crippen molar-refractivity contribution in [1.29, 1.82) is 0 Å². The molecule has 0 saturated carbocycles. The minimum Gasteiger partial charge on any atom is -0.306 e. The summed E-state index contributed by atoms with van der Waals surface area (Å²) in [5.74, 6) is 0.323. The van der Waals surface area contributed by atoms with E-state index >= 15 is 0 Å². The van der Waals surface area contributed by atoms with Gasteiger partial charge >= 0.3 is 0 Å². The van der Waals surface area contributed by atoms with Gasteiger partial charge in [-0.05, 0) is 25.8 Å². The number of carbonyl (C=O) groups is 1. The molecule has 0 atom stereocenters. The van der Waals surface area contributed by atoms with E-state index in [1.807, 2.05) is 10.9 Å². The minimum absolute atomic E-state index is 0.0815. The van der Waals surface area contributed by atoms with Crippen LogP contribution in [-0.2, 0) is 4.79 Å². The van der Waals surface area contributed by atoms with Gasteiger partial charge in [-0.3, -0.25) is 9.48 Å². The Labute approximate surface area is 103 Å². The van der Waals surface area contributed by atoms with Crippen molar-refractivity contribution in [2.45, 2.75) is 33.7 Å². The maximum absolute atomic E-state index is 11.8. The highest BCUT2D eigenvalue weighted by Gasteiger charge is 2.16. The average molecular weight is 235 g/mol. The maximum Gasteiger partial charge on any atom is 0.250 e. The summed E-state index contributed by atoms with van der Waals surface area (Å²) >= 11 is 0. The molecular formula is C13H21N3O. The lowest BCUT2D eigenvalue weighted by Gasteiger charge is -2.21. The summed E-state index contributed by atoms with van der Waals surface area (Å²) in [7, 11) is 0. The number of hydrogen-bond acceptors (Lipinski definition) is 2. The first-order valence-corrected chi connectivity index (χ1v) is 5.93. The lowest BCUT2D eigenvalue weighted by atomic mass is 10.2. The molecule has 1 rings (SSSR count). The molecule has 1 aromatic rings. The largest absolute Gasteiger partial charge is 0.306 e. The first-order chi connectivity index (χ1) is 7.95. The van der Waals surface area contributed by atoms with E-state index in [0.29, 0.717) is 18.5 Å². The zero-order valence-corrected chi connectivity index (χ0v) is 11.1. The highest BCUT2D eigenvalue weighted by molar-refractivity contribution is 6.00. The highest BCUT2D eigenvalue weighted by Crippen LogP contribution is 2.17. The number of aromatic nitrogens is 2. The van der Waals surface area contributed by atoms with Crippen LogP contribution in [-0.4, -0.2) is 22.2 Å². The van der Waals surface area contributed by atoms with Crippen molar-refractivity contribution < 1.29 is 4.79 Å². The van der Waals surface area contributed by atoms with Crippen LogP contribution in [0.2, 0.25) is 0 Å². The molecule has 17 heavy (non-hydrogen) atoms. The molecular weight excluding hydrogens is 214 g/mol. The summed E-state index contributed by atoms with van der Waals surface area (Å²) in [5.41, 5.74) is 0.831. The fourth-order valence-corrected chi connectivity index (χ4v) is 1.55. The number of hydrogen-bond donors (Lipinski definition) is 0. The molecule has 0 bridgehead atoms. The van der Waals surface area contributed by atoms with Crippen LogP contribution in [0.5, 0.6) is 0 Å². The summed E-state index contributed by atoms with van der Waals surface area (Å²) < 4.78 is 1.85. The molecule has 0 fully saturated rings. The Kier molecular flexibility index (Phi) is 4.49. The Morgan fingerprint density at radius 3 is 2.59 bits per heavy atom. The third-order valence-corrected chi connectivity index (χ3v) is 2.42. The van der Waals surface area contributed by atoms with Crippen molar-refractivity contribution in [3.8, 4) is 0 Å². The Balaban J connectivity index is 2.95. The van der Waals surface area contributed by atoms with Crippen LogP contribution >= 0.6 is 0 Å². The van der Waals surface area contributed by atoms with Crippen LogP contribution in [0.1, 0.15) is 33.7 Å².